The van der Waals surface area contributed by atoms with Crippen molar-refractivity contribution in [1.29, 1.82) is 0 Å². The molecule has 1 N–H and O–H groups in total. The molecule has 1 unspecified atom stereocenters. The number of nitrogens with one attached hydrogen (secondary N) is 1. The number of hydrogen-bond acceptors (Lipinski definition) is 3. The average molecular weight is 381 g/mol. The number of piperidine rings is 1. The Morgan fingerprint density at radius 1 is 1.18 bits per heavy atom. The Labute approximate surface area is 168 Å². The van der Waals surface area contributed by atoms with Crippen molar-refractivity contribution in [3.63, 3.8) is 0 Å². The molecule has 2 aromatic carbocycles. The van der Waals surface area contributed by atoms with E-state index in [9.17, 15) is 4.79 Å². The van der Waals surface area contributed by atoms with E-state index in [0.29, 0.717) is 18.7 Å². The summed E-state index contributed by atoms with van der Waals surface area (Å²) in [5.74, 6) is 1.61. The van der Waals surface area contributed by atoms with Crippen LogP contribution in [-0.2, 0) is 6.54 Å². The van der Waals surface area contributed by atoms with Gasteiger partial charge in [0.25, 0.3) is 5.91 Å². The normalized spacial score (nSPS) is 17.3. The predicted molar refractivity (Wildman–Crippen MR) is 114 cm³/mol. The van der Waals surface area contributed by atoms with Gasteiger partial charge in [-0.2, -0.15) is 0 Å². The monoisotopic (exact) mass is 380 g/mol. The highest BCUT2D eigenvalue weighted by Crippen LogP contribution is 2.20. The number of hydrogen-bond donors (Lipinski definition) is 1. The molecule has 4 nitrogen and oxygen atoms in total. The molecule has 1 fully saturated rings. The number of benzene rings is 2. The van der Waals surface area contributed by atoms with Crippen molar-refractivity contribution in [2.45, 2.75) is 40.2 Å². The third-order valence-electron chi connectivity index (χ3n) is 5.56. The summed E-state index contributed by atoms with van der Waals surface area (Å²) in [7, 11) is 0. The Kier molecular flexibility index (Phi) is 7.10. The summed E-state index contributed by atoms with van der Waals surface area (Å²) in [5.41, 5.74) is 4.32. The summed E-state index contributed by atoms with van der Waals surface area (Å²) in [5, 5.41) is 2.94. The minimum Gasteiger partial charge on any atom is -0.491 e. The third kappa shape index (κ3) is 5.59. The first-order valence-corrected chi connectivity index (χ1v) is 10.3. The molecule has 1 heterocycles. The first kappa shape index (κ1) is 20.4. The van der Waals surface area contributed by atoms with Gasteiger partial charge in [0.1, 0.15) is 12.4 Å². The molecule has 150 valence electrons. The highest BCUT2D eigenvalue weighted by molar-refractivity contribution is 5.94. The molecule has 0 saturated carbocycles. The highest BCUT2D eigenvalue weighted by atomic mass is 16.5. The molecule has 4 heteroatoms. The van der Waals surface area contributed by atoms with Gasteiger partial charge in [0.15, 0.2) is 0 Å². The number of nitrogens with zero attached hydrogens (tertiary/aromatic N) is 1. The first-order chi connectivity index (χ1) is 13.5. The minimum atomic E-state index is -0.0530. The van der Waals surface area contributed by atoms with Crippen LogP contribution >= 0.6 is 0 Å². The molecule has 1 atom stereocenters. The van der Waals surface area contributed by atoms with Crippen LogP contribution in [0.3, 0.4) is 0 Å². The summed E-state index contributed by atoms with van der Waals surface area (Å²) in [4.78, 5) is 14.9. The van der Waals surface area contributed by atoms with Crippen LogP contribution in [-0.4, -0.2) is 37.0 Å². The fraction of sp³-hybridized carbons (Fsp3) is 0.458. The summed E-state index contributed by atoms with van der Waals surface area (Å²) in [6, 6.07) is 14.0. The second kappa shape index (κ2) is 9.74. The molecule has 0 spiro atoms. The molecule has 1 aliphatic heterocycles. The Morgan fingerprint density at radius 3 is 2.71 bits per heavy atom. The molecule has 0 bridgehead atoms. The Hall–Kier alpha value is -2.33. The van der Waals surface area contributed by atoms with Gasteiger partial charge in [0.2, 0.25) is 0 Å². The molecular weight excluding hydrogens is 348 g/mol. The number of likely N-dealkylation sites (tertiary alicyclic amines) is 1. The molecule has 0 radical (unpaired) electrons. The van der Waals surface area contributed by atoms with Crippen molar-refractivity contribution < 1.29 is 9.53 Å². The van der Waals surface area contributed by atoms with Crippen LogP contribution in [0.1, 0.15) is 46.8 Å². The van der Waals surface area contributed by atoms with Crippen LogP contribution in [0.25, 0.3) is 0 Å². The van der Waals surface area contributed by atoms with E-state index < -0.39 is 0 Å². The lowest BCUT2D eigenvalue weighted by molar-refractivity contribution is 0.0947. The molecule has 28 heavy (non-hydrogen) atoms. The Bertz CT molecular complexity index is 786. The van der Waals surface area contributed by atoms with Crippen molar-refractivity contribution in [3.8, 4) is 5.75 Å². The van der Waals surface area contributed by atoms with Crippen LogP contribution in [0.4, 0.5) is 0 Å². The average Bonchev–Trinajstić information content (AvgIpc) is 2.69. The van der Waals surface area contributed by atoms with E-state index in [0.717, 1.165) is 23.8 Å². The lowest BCUT2D eigenvalue weighted by Crippen LogP contribution is -2.33. The SMILES string of the molecule is Cc1cccc(OCCNC(=O)c2ccc(CN3CCCC(C)C3)cc2)c1C. The summed E-state index contributed by atoms with van der Waals surface area (Å²) in [6.07, 6.45) is 2.62. The molecule has 1 amide bonds. The smallest absolute Gasteiger partial charge is 0.251 e. The van der Waals surface area contributed by atoms with E-state index in [-0.39, 0.29) is 5.91 Å². The van der Waals surface area contributed by atoms with Crippen LogP contribution in [0.15, 0.2) is 42.5 Å². The maximum atomic E-state index is 12.3. The highest BCUT2D eigenvalue weighted by Gasteiger charge is 2.16. The lowest BCUT2D eigenvalue weighted by Gasteiger charge is -2.30. The van der Waals surface area contributed by atoms with Crippen LogP contribution < -0.4 is 10.1 Å². The van der Waals surface area contributed by atoms with E-state index in [1.807, 2.05) is 24.3 Å². The Morgan fingerprint density at radius 2 is 1.96 bits per heavy atom. The molecular formula is C24H32N2O2. The van der Waals surface area contributed by atoms with Crippen LogP contribution in [0, 0.1) is 19.8 Å². The van der Waals surface area contributed by atoms with Gasteiger partial charge in [-0.3, -0.25) is 9.69 Å². The van der Waals surface area contributed by atoms with Crippen molar-refractivity contribution in [1.82, 2.24) is 10.2 Å². The number of amides is 1. The summed E-state index contributed by atoms with van der Waals surface area (Å²) < 4.78 is 5.80. The van der Waals surface area contributed by atoms with E-state index in [2.05, 4.69) is 49.2 Å². The number of carbonyl (C=O) groups is 1. The molecule has 2 aromatic rings. The molecule has 1 saturated heterocycles. The van der Waals surface area contributed by atoms with Crippen LogP contribution in [0.2, 0.25) is 0 Å². The fourth-order valence-corrected chi connectivity index (χ4v) is 3.76. The standard InChI is InChI=1S/C24H32N2O2/c1-18-6-5-14-26(16-18)17-21-9-11-22(12-10-21)24(27)25-13-15-28-23-8-4-7-19(2)20(23)3/h4,7-12,18H,5-6,13-17H2,1-3H3,(H,25,27). The fourth-order valence-electron chi connectivity index (χ4n) is 3.76. The number of aryl methyl sites for hydroxylation is 1. The van der Waals surface area contributed by atoms with Crippen molar-refractivity contribution >= 4 is 5.91 Å². The minimum absolute atomic E-state index is 0.0530. The number of carbonyl (C=O) groups excluding carboxylic acids is 1. The van der Waals surface area contributed by atoms with Crippen molar-refractivity contribution in [2.75, 3.05) is 26.2 Å². The molecule has 0 aliphatic carbocycles. The maximum absolute atomic E-state index is 12.3. The molecule has 3 rings (SSSR count). The van der Waals surface area contributed by atoms with E-state index in [4.69, 9.17) is 4.74 Å². The third-order valence-corrected chi connectivity index (χ3v) is 5.56. The van der Waals surface area contributed by atoms with Gasteiger partial charge in [-0.05, 0) is 74.0 Å². The molecule has 1 aliphatic rings. The van der Waals surface area contributed by atoms with Gasteiger partial charge >= 0.3 is 0 Å². The van der Waals surface area contributed by atoms with Crippen molar-refractivity contribution in [2.24, 2.45) is 5.92 Å². The number of ether oxygens (including phenoxy) is 1. The summed E-state index contributed by atoms with van der Waals surface area (Å²) >= 11 is 0. The first-order valence-electron chi connectivity index (χ1n) is 10.3. The molecule has 0 aromatic heterocycles. The van der Waals surface area contributed by atoms with Crippen molar-refractivity contribution in [3.05, 3.63) is 64.7 Å². The van der Waals surface area contributed by atoms with Gasteiger partial charge in [0.05, 0.1) is 6.54 Å². The summed E-state index contributed by atoms with van der Waals surface area (Å²) in [6.45, 7) is 10.7. The van der Waals surface area contributed by atoms with Gasteiger partial charge in [-0.15, -0.1) is 0 Å². The van der Waals surface area contributed by atoms with Gasteiger partial charge < -0.3 is 10.1 Å². The predicted octanol–water partition coefficient (Wildman–Crippen LogP) is 4.34. The maximum Gasteiger partial charge on any atom is 0.251 e. The zero-order chi connectivity index (χ0) is 19.9. The largest absolute Gasteiger partial charge is 0.491 e. The zero-order valence-electron chi connectivity index (χ0n) is 17.3. The second-order valence-corrected chi connectivity index (χ2v) is 7.98. The topological polar surface area (TPSA) is 41.6 Å². The van der Waals surface area contributed by atoms with Gasteiger partial charge in [-0.1, -0.05) is 31.2 Å². The van der Waals surface area contributed by atoms with Gasteiger partial charge in [0, 0.05) is 18.7 Å². The zero-order valence-corrected chi connectivity index (χ0v) is 17.3. The van der Waals surface area contributed by atoms with E-state index in [1.54, 1.807) is 0 Å². The quantitative estimate of drug-likeness (QED) is 0.727. The van der Waals surface area contributed by atoms with Crippen LogP contribution in [0.5, 0.6) is 5.75 Å². The van der Waals surface area contributed by atoms with Gasteiger partial charge in [-0.25, -0.2) is 0 Å². The number of rotatable bonds is 7. The lowest BCUT2D eigenvalue weighted by atomic mass is 9.99. The van der Waals surface area contributed by atoms with E-state index >= 15 is 0 Å². The Balaban J connectivity index is 1.43. The second-order valence-electron chi connectivity index (χ2n) is 7.98. The van der Waals surface area contributed by atoms with E-state index in [1.165, 1.54) is 37.1 Å².